The topological polar surface area (TPSA) is 0 Å². The summed E-state index contributed by atoms with van der Waals surface area (Å²) in [4.78, 5) is 0. The third-order valence-electron chi connectivity index (χ3n) is 14.6. The van der Waals surface area contributed by atoms with E-state index >= 15 is 0 Å². The van der Waals surface area contributed by atoms with Crippen molar-refractivity contribution in [3.63, 3.8) is 0 Å². The molecule has 0 heterocycles. The van der Waals surface area contributed by atoms with Gasteiger partial charge in [-0.1, -0.05) is 164 Å². The van der Waals surface area contributed by atoms with Gasteiger partial charge < -0.3 is 0 Å². The van der Waals surface area contributed by atoms with Gasteiger partial charge in [-0.05, 0) is 172 Å². The van der Waals surface area contributed by atoms with Crippen molar-refractivity contribution in [2.75, 3.05) is 0 Å². The van der Waals surface area contributed by atoms with Crippen molar-refractivity contribution >= 4 is 21.5 Å². The van der Waals surface area contributed by atoms with Gasteiger partial charge in [0.25, 0.3) is 0 Å². The van der Waals surface area contributed by atoms with Crippen LogP contribution >= 0.6 is 0 Å². The van der Waals surface area contributed by atoms with Crippen LogP contribution in [0, 0.1) is 0 Å². The second-order valence-electron chi connectivity index (χ2n) is 18.2. The summed E-state index contributed by atoms with van der Waals surface area (Å²) in [5.74, 6) is 0. The van der Waals surface area contributed by atoms with E-state index in [4.69, 9.17) is 0 Å². The van der Waals surface area contributed by atoms with Crippen LogP contribution in [0.4, 0.5) is 0 Å². The Morgan fingerprint density at radius 1 is 0.328 bits per heavy atom. The minimum Gasteiger partial charge on any atom is -0.0642 e. The maximum atomic E-state index is 2.55. The molecule has 0 radical (unpaired) electrons. The molecular formula is C58H54. The van der Waals surface area contributed by atoms with E-state index in [1.54, 1.807) is 0 Å². The molecule has 0 unspecified atom stereocenters. The third-order valence-corrected chi connectivity index (χ3v) is 14.6. The van der Waals surface area contributed by atoms with Gasteiger partial charge in [0.1, 0.15) is 0 Å². The summed E-state index contributed by atoms with van der Waals surface area (Å²) >= 11 is 0. The standard InChI is InChI=1S/C58H54/c1-8-57(9-2)52-33-43(39-17-16-37-14-12-13-15-38(37)30-39)21-26-48(52)50-28-23-45(35-54(50)57)46-24-29-51-49-27-22-44(34-53(49)58(10-3,11-4)55(51)36-46)40-18-19-42-32-47(56(5,6)7)25-20-41(42)31-40/h12-36H,8-11H2,1-7H3. The van der Waals surface area contributed by atoms with Gasteiger partial charge >= 0.3 is 0 Å². The minimum absolute atomic E-state index is 0.0227. The molecule has 10 rings (SSSR count). The van der Waals surface area contributed by atoms with Crippen molar-refractivity contribution in [2.24, 2.45) is 0 Å². The van der Waals surface area contributed by atoms with Crippen LogP contribution in [-0.4, -0.2) is 0 Å². The predicted molar refractivity (Wildman–Crippen MR) is 250 cm³/mol. The fraction of sp³-hybridized carbons (Fsp3) is 0.241. The highest BCUT2D eigenvalue weighted by Gasteiger charge is 2.42. The van der Waals surface area contributed by atoms with Gasteiger partial charge in [-0.2, -0.15) is 0 Å². The van der Waals surface area contributed by atoms with Gasteiger partial charge in [0.2, 0.25) is 0 Å². The molecule has 0 spiro atoms. The summed E-state index contributed by atoms with van der Waals surface area (Å²) in [6.07, 6.45) is 4.27. The second-order valence-corrected chi connectivity index (χ2v) is 18.2. The van der Waals surface area contributed by atoms with Crippen LogP contribution in [0.15, 0.2) is 152 Å². The Balaban J connectivity index is 1.02. The Kier molecular flexibility index (Phi) is 8.47. The molecule has 0 bridgehead atoms. The molecule has 0 nitrogen and oxygen atoms in total. The first-order valence-electron chi connectivity index (χ1n) is 21.7. The second kappa shape index (κ2) is 13.4. The molecule has 2 aliphatic rings. The first-order chi connectivity index (χ1) is 28.1. The first kappa shape index (κ1) is 36.6. The highest BCUT2D eigenvalue weighted by Crippen LogP contribution is 2.56. The first-order valence-corrected chi connectivity index (χ1v) is 21.7. The van der Waals surface area contributed by atoms with Gasteiger partial charge in [0, 0.05) is 10.8 Å². The molecule has 0 amide bonds. The van der Waals surface area contributed by atoms with E-state index in [9.17, 15) is 0 Å². The Labute approximate surface area is 345 Å². The smallest absolute Gasteiger partial charge is 0.0210 e. The molecule has 8 aromatic rings. The zero-order valence-corrected chi connectivity index (χ0v) is 35.3. The van der Waals surface area contributed by atoms with E-state index in [0.717, 1.165) is 25.7 Å². The molecule has 58 heavy (non-hydrogen) atoms. The fourth-order valence-corrected chi connectivity index (χ4v) is 11.0. The summed E-state index contributed by atoms with van der Waals surface area (Å²) in [5, 5.41) is 5.19. The number of hydrogen-bond donors (Lipinski definition) is 0. The SMILES string of the molecule is CCC1(CC)c2cc(-c3ccc4c(c3)C(CC)(CC)c3cc(-c5ccc6cc(C(C)(C)C)ccc6c5)ccc3-4)ccc2-c2ccc(-c3ccc4ccccc4c3)cc21. The zero-order chi connectivity index (χ0) is 40.0. The predicted octanol–water partition coefficient (Wildman–Crippen LogP) is 16.5. The normalized spacial score (nSPS) is 14.7. The monoisotopic (exact) mass is 750 g/mol. The van der Waals surface area contributed by atoms with Gasteiger partial charge in [-0.15, -0.1) is 0 Å². The quantitative estimate of drug-likeness (QED) is 0.152. The van der Waals surface area contributed by atoms with Crippen LogP contribution in [0.1, 0.15) is 102 Å². The molecule has 286 valence electrons. The van der Waals surface area contributed by atoms with E-state index in [2.05, 4.69) is 200 Å². The van der Waals surface area contributed by atoms with Gasteiger partial charge in [0.05, 0.1) is 0 Å². The fourth-order valence-electron chi connectivity index (χ4n) is 11.0. The largest absolute Gasteiger partial charge is 0.0642 e. The maximum Gasteiger partial charge on any atom is 0.0210 e. The number of rotatable bonds is 7. The summed E-state index contributed by atoms with van der Waals surface area (Å²) < 4.78 is 0. The lowest BCUT2D eigenvalue weighted by molar-refractivity contribution is 0.490. The average Bonchev–Trinajstić information content (AvgIpc) is 3.70. The van der Waals surface area contributed by atoms with Gasteiger partial charge in [-0.25, -0.2) is 0 Å². The average molecular weight is 751 g/mol. The van der Waals surface area contributed by atoms with Crippen molar-refractivity contribution in [3.05, 3.63) is 179 Å². The van der Waals surface area contributed by atoms with Gasteiger partial charge in [0.15, 0.2) is 0 Å². The van der Waals surface area contributed by atoms with Crippen molar-refractivity contribution < 1.29 is 0 Å². The Morgan fingerprint density at radius 3 is 1.03 bits per heavy atom. The third kappa shape index (κ3) is 5.41. The molecular weight excluding hydrogens is 697 g/mol. The highest BCUT2D eigenvalue weighted by atomic mass is 14.5. The van der Waals surface area contributed by atoms with Crippen LogP contribution in [0.5, 0.6) is 0 Å². The van der Waals surface area contributed by atoms with Crippen molar-refractivity contribution in [1.29, 1.82) is 0 Å². The van der Waals surface area contributed by atoms with E-state index in [1.165, 1.54) is 105 Å². The lowest BCUT2D eigenvalue weighted by Gasteiger charge is -2.31. The van der Waals surface area contributed by atoms with Gasteiger partial charge in [-0.3, -0.25) is 0 Å². The Bertz CT molecular complexity index is 2920. The van der Waals surface area contributed by atoms with E-state index in [1.807, 2.05) is 0 Å². The summed E-state index contributed by atoms with van der Waals surface area (Å²) in [6.45, 7) is 16.4. The van der Waals surface area contributed by atoms with Crippen LogP contribution in [0.3, 0.4) is 0 Å². The van der Waals surface area contributed by atoms with Crippen molar-refractivity contribution in [1.82, 2.24) is 0 Å². The molecule has 0 fully saturated rings. The minimum atomic E-state index is -0.0299. The number of fused-ring (bicyclic) bond motifs is 8. The molecule has 0 heteroatoms. The van der Waals surface area contributed by atoms with E-state index in [0.29, 0.717) is 0 Å². The van der Waals surface area contributed by atoms with Crippen LogP contribution < -0.4 is 0 Å². The Hall–Kier alpha value is -5.72. The molecule has 8 aromatic carbocycles. The van der Waals surface area contributed by atoms with Crippen molar-refractivity contribution in [2.45, 2.75) is 90.4 Å². The molecule has 0 N–H and O–H groups in total. The summed E-state index contributed by atoms with van der Waals surface area (Å²) in [6, 6.07) is 58.8. The maximum absolute atomic E-state index is 2.55. The molecule has 0 aliphatic heterocycles. The molecule has 0 atom stereocenters. The molecule has 0 saturated carbocycles. The summed E-state index contributed by atoms with van der Waals surface area (Å²) in [5.41, 5.74) is 20.8. The molecule has 0 aromatic heterocycles. The highest BCUT2D eigenvalue weighted by molar-refractivity contribution is 5.92. The molecule has 0 saturated heterocycles. The molecule has 2 aliphatic carbocycles. The number of benzene rings is 8. The zero-order valence-electron chi connectivity index (χ0n) is 35.3. The van der Waals surface area contributed by atoms with Crippen LogP contribution in [-0.2, 0) is 16.2 Å². The van der Waals surface area contributed by atoms with Crippen LogP contribution in [0.2, 0.25) is 0 Å². The lowest BCUT2D eigenvalue weighted by Crippen LogP contribution is -2.23. The Morgan fingerprint density at radius 2 is 0.638 bits per heavy atom. The van der Waals surface area contributed by atoms with E-state index in [-0.39, 0.29) is 16.2 Å². The van der Waals surface area contributed by atoms with Crippen LogP contribution in [0.25, 0.3) is 77.2 Å². The number of hydrogen-bond acceptors (Lipinski definition) is 0. The lowest BCUT2D eigenvalue weighted by atomic mass is 9.72. The summed E-state index contributed by atoms with van der Waals surface area (Å²) in [7, 11) is 0. The van der Waals surface area contributed by atoms with E-state index < -0.39 is 0 Å². The van der Waals surface area contributed by atoms with Crippen molar-refractivity contribution in [3.8, 4) is 55.6 Å².